The third-order valence-corrected chi connectivity index (χ3v) is 7.44. The van der Waals surface area contributed by atoms with Crippen LogP contribution in [-0.2, 0) is 16.6 Å². The van der Waals surface area contributed by atoms with E-state index in [0.29, 0.717) is 35.8 Å². The lowest BCUT2D eigenvalue weighted by atomic mass is 10.1. The van der Waals surface area contributed by atoms with Gasteiger partial charge >= 0.3 is 0 Å². The molecule has 0 radical (unpaired) electrons. The van der Waals surface area contributed by atoms with Gasteiger partial charge in [-0.05, 0) is 67.9 Å². The van der Waals surface area contributed by atoms with Crippen LogP contribution in [0.2, 0.25) is 0 Å². The van der Waals surface area contributed by atoms with Gasteiger partial charge < -0.3 is 14.4 Å². The van der Waals surface area contributed by atoms with Crippen LogP contribution in [0.4, 0.5) is 5.69 Å². The van der Waals surface area contributed by atoms with Gasteiger partial charge in [-0.1, -0.05) is 23.8 Å². The van der Waals surface area contributed by atoms with Crippen LogP contribution in [0.3, 0.4) is 0 Å². The maximum absolute atomic E-state index is 13.1. The van der Waals surface area contributed by atoms with Gasteiger partial charge in [0.25, 0.3) is 15.9 Å². The average molecular weight is 467 g/mol. The smallest absolute Gasteiger partial charge is 0.264 e. The van der Waals surface area contributed by atoms with Gasteiger partial charge in [-0.15, -0.1) is 0 Å². The Labute approximate surface area is 194 Å². The Kier molecular flexibility index (Phi) is 6.29. The van der Waals surface area contributed by atoms with Crippen molar-refractivity contribution in [3.05, 3.63) is 83.4 Å². The Hall–Kier alpha value is -3.52. The minimum atomic E-state index is -3.69. The molecule has 0 fully saturated rings. The summed E-state index contributed by atoms with van der Waals surface area (Å²) in [4.78, 5) is 15.0. The maximum atomic E-state index is 13.1. The number of hydrogen-bond donors (Lipinski definition) is 0. The van der Waals surface area contributed by atoms with Crippen LogP contribution in [0, 0.1) is 6.92 Å². The number of hydrogen-bond acceptors (Lipinski definition) is 5. The molecular formula is C25H26N2O5S. The van der Waals surface area contributed by atoms with Crippen LogP contribution in [0.1, 0.15) is 28.4 Å². The van der Waals surface area contributed by atoms with Crippen LogP contribution in [0.5, 0.6) is 11.5 Å². The van der Waals surface area contributed by atoms with Crippen molar-refractivity contribution in [2.45, 2.75) is 25.3 Å². The first-order valence-electron chi connectivity index (χ1n) is 10.6. The summed E-state index contributed by atoms with van der Waals surface area (Å²) in [6.07, 6.45) is 0. The molecule has 3 aromatic carbocycles. The second kappa shape index (κ2) is 9.15. The Bertz CT molecular complexity index is 1250. The molecule has 0 spiro atoms. The third-order valence-electron chi connectivity index (χ3n) is 5.64. The number of nitrogens with zero attached hydrogens (tertiary/aromatic N) is 2. The Morgan fingerprint density at radius 3 is 2.27 bits per heavy atom. The average Bonchev–Trinajstić information content (AvgIpc) is 3.30. The Morgan fingerprint density at radius 2 is 1.61 bits per heavy atom. The molecule has 7 nitrogen and oxygen atoms in total. The molecule has 0 atom stereocenters. The Balaban J connectivity index is 1.49. The summed E-state index contributed by atoms with van der Waals surface area (Å²) >= 11 is 0. The van der Waals surface area contributed by atoms with Crippen molar-refractivity contribution in [3.63, 3.8) is 0 Å². The molecule has 3 aromatic rings. The summed E-state index contributed by atoms with van der Waals surface area (Å²) in [5, 5.41) is 0. The van der Waals surface area contributed by atoms with Gasteiger partial charge in [0.1, 0.15) is 0 Å². The minimum Gasteiger partial charge on any atom is -0.454 e. The molecule has 0 unspecified atom stereocenters. The van der Waals surface area contributed by atoms with E-state index in [-0.39, 0.29) is 17.6 Å². The predicted molar refractivity (Wildman–Crippen MR) is 126 cm³/mol. The number of fused-ring (bicyclic) bond motifs is 1. The highest BCUT2D eigenvalue weighted by Crippen LogP contribution is 2.33. The molecule has 172 valence electrons. The number of carbonyl (C=O) groups is 1. The molecule has 0 saturated carbocycles. The molecule has 0 saturated heterocycles. The number of aryl methyl sites for hydroxylation is 1. The van der Waals surface area contributed by atoms with Gasteiger partial charge in [-0.3, -0.25) is 9.10 Å². The van der Waals surface area contributed by atoms with Crippen LogP contribution in [0.15, 0.2) is 71.6 Å². The number of amides is 1. The second-order valence-electron chi connectivity index (χ2n) is 7.84. The van der Waals surface area contributed by atoms with Gasteiger partial charge in [-0.25, -0.2) is 8.42 Å². The first kappa shape index (κ1) is 22.7. The van der Waals surface area contributed by atoms with Crippen LogP contribution in [-0.4, -0.2) is 39.6 Å². The molecule has 1 aliphatic heterocycles. The monoisotopic (exact) mass is 466 g/mol. The van der Waals surface area contributed by atoms with E-state index in [9.17, 15) is 13.2 Å². The zero-order valence-corrected chi connectivity index (χ0v) is 19.6. The largest absolute Gasteiger partial charge is 0.454 e. The second-order valence-corrected chi connectivity index (χ2v) is 9.81. The van der Waals surface area contributed by atoms with Crippen molar-refractivity contribution >= 4 is 21.6 Å². The zero-order chi connectivity index (χ0) is 23.6. The number of carbonyl (C=O) groups excluding carboxylic acids is 1. The fraction of sp³-hybridized carbons (Fsp3) is 0.240. The molecule has 0 aromatic heterocycles. The number of ether oxygens (including phenoxy) is 2. The normalized spacial score (nSPS) is 12.5. The van der Waals surface area contributed by atoms with Gasteiger partial charge in [0.15, 0.2) is 11.5 Å². The maximum Gasteiger partial charge on any atom is 0.264 e. The van der Waals surface area contributed by atoms with E-state index in [1.165, 1.54) is 11.4 Å². The first-order valence-corrected chi connectivity index (χ1v) is 12.1. The molecule has 8 heteroatoms. The molecule has 4 rings (SSSR count). The lowest BCUT2D eigenvalue weighted by molar-refractivity contribution is 0.0752. The number of benzene rings is 3. The van der Waals surface area contributed by atoms with Gasteiger partial charge in [0.2, 0.25) is 6.79 Å². The molecule has 1 aliphatic rings. The van der Waals surface area contributed by atoms with E-state index < -0.39 is 10.0 Å². The van der Waals surface area contributed by atoms with Crippen molar-refractivity contribution in [2.75, 3.05) is 24.7 Å². The standard InChI is InChI=1S/C25H26N2O5S/c1-4-27(16-19-7-14-23-24(15-19)32-17-31-23)25(28)20-8-10-21(11-9-20)26(3)33(29,30)22-12-5-18(2)6-13-22/h5-15H,4,16-17H2,1-3H3. The van der Waals surface area contributed by atoms with E-state index >= 15 is 0 Å². The van der Waals surface area contributed by atoms with Gasteiger partial charge in [-0.2, -0.15) is 0 Å². The summed E-state index contributed by atoms with van der Waals surface area (Å²) in [5.74, 6) is 1.25. The van der Waals surface area contributed by atoms with Crippen molar-refractivity contribution in [3.8, 4) is 11.5 Å². The summed E-state index contributed by atoms with van der Waals surface area (Å²) in [6, 6.07) is 19.0. The molecule has 0 N–H and O–H groups in total. The molecule has 1 amide bonds. The van der Waals surface area contributed by atoms with Crippen molar-refractivity contribution in [2.24, 2.45) is 0 Å². The highest BCUT2D eigenvalue weighted by molar-refractivity contribution is 7.92. The van der Waals surface area contributed by atoms with Crippen LogP contribution < -0.4 is 13.8 Å². The fourth-order valence-corrected chi connectivity index (χ4v) is 4.79. The summed E-state index contributed by atoms with van der Waals surface area (Å²) in [5.41, 5.74) is 2.89. The summed E-state index contributed by atoms with van der Waals surface area (Å²) < 4.78 is 37.8. The van der Waals surface area contributed by atoms with E-state index in [4.69, 9.17) is 9.47 Å². The van der Waals surface area contributed by atoms with Gasteiger partial charge in [0.05, 0.1) is 10.6 Å². The zero-order valence-electron chi connectivity index (χ0n) is 18.8. The summed E-state index contributed by atoms with van der Waals surface area (Å²) in [6.45, 7) is 4.98. The SMILES string of the molecule is CCN(Cc1ccc2c(c1)OCO2)C(=O)c1ccc(N(C)S(=O)(=O)c2ccc(C)cc2)cc1. The van der Waals surface area contributed by atoms with Gasteiger partial charge in [0, 0.05) is 25.7 Å². The lowest BCUT2D eigenvalue weighted by Gasteiger charge is -2.22. The minimum absolute atomic E-state index is 0.134. The van der Waals surface area contributed by atoms with E-state index in [1.807, 2.05) is 32.0 Å². The fourth-order valence-electron chi connectivity index (χ4n) is 3.59. The Morgan fingerprint density at radius 1 is 0.939 bits per heavy atom. The van der Waals surface area contributed by atoms with E-state index in [0.717, 1.165) is 11.1 Å². The molecule has 1 heterocycles. The molecule has 0 bridgehead atoms. The highest BCUT2D eigenvalue weighted by Gasteiger charge is 2.22. The number of rotatable bonds is 7. The number of anilines is 1. The summed E-state index contributed by atoms with van der Waals surface area (Å²) in [7, 11) is -2.19. The first-order chi connectivity index (χ1) is 15.8. The highest BCUT2D eigenvalue weighted by atomic mass is 32.2. The lowest BCUT2D eigenvalue weighted by Crippen LogP contribution is -2.30. The van der Waals surface area contributed by atoms with Crippen molar-refractivity contribution in [1.82, 2.24) is 4.90 Å². The topological polar surface area (TPSA) is 76.2 Å². The molecule has 0 aliphatic carbocycles. The van der Waals surface area contributed by atoms with E-state index in [2.05, 4.69) is 0 Å². The van der Waals surface area contributed by atoms with E-state index in [1.54, 1.807) is 53.4 Å². The third kappa shape index (κ3) is 4.66. The predicted octanol–water partition coefficient (Wildman–Crippen LogP) is 4.21. The molecule has 33 heavy (non-hydrogen) atoms. The number of sulfonamides is 1. The van der Waals surface area contributed by atoms with Crippen LogP contribution >= 0.6 is 0 Å². The quantitative estimate of drug-likeness (QED) is 0.521. The molecular weight excluding hydrogens is 440 g/mol. The van der Waals surface area contributed by atoms with Crippen molar-refractivity contribution < 1.29 is 22.7 Å². The van der Waals surface area contributed by atoms with Crippen molar-refractivity contribution in [1.29, 1.82) is 0 Å². The van der Waals surface area contributed by atoms with Crippen LogP contribution in [0.25, 0.3) is 0 Å².